The second-order valence-corrected chi connectivity index (χ2v) is 3.36. The van der Waals surface area contributed by atoms with Crippen LogP contribution in [-0.2, 0) is 17.8 Å². The Kier molecular flexibility index (Phi) is 4.32. The van der Waals surface area contributed by atoms with Crippen LogP contribution < -0.4 is 0 Å². The first-order valence-corrected chi connectivity index (χ1v) is 4.63. The molecular formula is C10H12ClFO2. The van der Waals surface area contributed by atoms with E-state index in [1.165, 1.54) is 6.07 Å². The number of methoxy groups -OCH3 is 1. The molecule has 1 aromatic rings. The summed E-state index contributed by atoms with van der Waals surface area (Å²) in [6.45, 7) is 0.294. The molecule has 0 bridgehead atoms. The number of hydrogen-bond acceptors (Lipinski definition) is 2. The molecule has 0 aliphatic rings. The molecule has 0 unspecified atom stereocenters. The molecule has 1 rings (SSSR count). The van der Waals surface area contributed by atoms with E-state index in [1.807, 2.05) is 0 Å². The first-order valence-electron chi connectivity index (χ1n) is 4.25. The molecule has 0 saturated heterocycles. The highest BCUT2D eigenvalue weighted by Gasteiger charge is 2.08. The van der Waals surface area contributed by atoms with Crippen LogP contribution in [0.25, 0.3) is 0 Å². The summed E-state index contributed by atoms with van der Waals surface area (Å²) in [5.74, 6) is -0.458. The molecule has 1 aromatic carbocycles. The highest BCUT2D eigenvalue weighted by Crippen LogP contribution is 2.21. The van der Waals surface area contributed by atoms with Gasteiger partial charge >= 0.3 is 0 Å². The molecule has 78 valence electrons. The van der Waals surface area contributed by atoms with Gasteiger partial charge in [0.25, 0.3) is 0 Å². The van der Waals surface area contributed by atoms with Crippen molar-refractivity contribution < 1.29 is 14.2 Å². The lowest BCUT2D eigenvalue weighted by molar-refractivity contribution is 0.184. The van der Waals surface area contributed by atoms with E-state index in [-0.39, 0.29) is 18.1 Å². The molecule has 0 amide bonds. The molecule has 4 heteroatoms. The second-order valence-electron chi connectivity index (χ2n) is 2.96. The molecular weight excluding hydrogens is 207 g/mol. The minimum absolute atomic E-state index is 0.0722. The lowest BCUT2D eigenvalue weighted by atomic mass is 10.1. The van der Waals surface area contributed by atoms with Gasteiger partial charge in [-0.05, 0) is 23.6 Å². The van der Waals surface area contributed by atoms with Crippen molar-refractivity contribution in [2.24, 2.45) is 0 Å². The Labute approximate surface area is 87.3 Å². The first kappa shape index (κ1) is 11.4. The average Bonchev–Trinajstić information content (AvgIpc) is 2.14. The highest BCUT2D eigenvalue weighted by molar-refractivity contribution is 6.30. The number of hydrogen-bond donors (Lipinski definition) is 1. The van der Waals surface area contributed by atoms with E-state index in [2.05, 4.69) is 0 Å². The van der Waals surface area contributed by atoms with Crippen molar-refractivity contribution in [3.05, 3.63) is 34.1 Å². The van der Waals surface area contributed by atoms with Gasteiger partial charge in [-0.3, -0.25) is 0 Å². The van der Waals surface area contributed by atoms with Gasteiger partial charge in [0.05, 0.1) is 11.6 Å². The summed E-state index contributed by atoms with van der Waals surface area (Å²) in [5.41, 5.74) is 1.23. The molecule has 0 atom stereocenters. The van der Waals surface area contributed by atoms with Gasteiger partial charge in [0, 0.05) is 13.7 Å². The highest BCUT2D eigenvalue weighted by atomic mass is 35.5. The summed E-state index contributed by atoms with van der Waals surface area (Å²) in [5, 5.41) is 8.79. The maximum Gasteiger partial charge on any atom is 0.145 e. The van der Waals surface area contributed by atoms with Crippen LogP contribution in [0.1, 0.15) is 11.1 Å². The summed E-state index contributed by atoms with van der Waals surface area (Å²) in [7, 11) is 1.56. The zero-order valence-electron chi connectivity index (χ0n) is 7.89. The summed E-state index contributed by atoms with van der Waals surface area (Å²) in [6.07, 6.45) is 0.267. The Morgan fingerprint density at radius 3 is 2.79 bits per heavy atom. The molecule has 0 saturated carbocycles. The zero-order valence-corrected chi connectivity index (χ0v) is 8.64. The fourth-order valence-corrected chi connectivity index (χ4v) is 1.52. The van der Waals surface area contributed by atoms with E-state index in [1.54, 1.807) is 13.2 Å². The van der Waals surface area contributed by atoms with Crippen LogP contribution in [0.4, 0.5) is 4.39 Å². The third kappa shape index (κ3) is 2.67. The lowest BCUT2D eigenvalue weighted by Crippen LogP contribution is -1.99. The van der Waals surface area contributed by atoms with E-state index >= 15 is 0 Å². The van der Waals surface area contributed by atoms with Crippen LogP contribution in [0.3, 0.4) is 0 Å². The Morgan fingerprint density at radius 1 is 1.50 bits per heavy atom. The Balaban J connectivity index is 3.01. The number of aliphatic hydroxyl groups is 1. The molecule has 0 aliphatic carbocycles. The van der Waals surface area contributed by atoms with Crippen LogP contribution in [0.2, 0.25) is 5.02 Å². The van der Waals surface area contributed by atoms with Gasteiger partial charge in [0.1, 0.15) is 5.82 Å². The summed E-state index contributed by atoms with van der Waals surface area (Å²) < 4.78 is 18.2. The standard InChI is InChI=1S/C10H12ClFO2/c1-14-6-7-4-8(2-3-13)10(12)9(11)5-7/h4-5,13H,2-3,6H2,1H3. The molecule has 0 radical (unpaired) electrons. The topological polar surface area (TPSA) is 29.5 Å². The van der Waals surface area contributed by atoms with Gasteiger partial charge in [-0.25, -0.2) is 4.39 Å². The zero-order chi connectivity index (χ0) is 10.6. The molecule has 1 N–H and O–H groups in total. The van der Waals surface area contributed by atoms with Crippen molar-refractivity contribution >= 4 is 11.6 Å². The van der Waals surface area contributed by atoms with Crippen molar-refractivity contribution in [1.82, 2.24) is 0 Å². The van der Waals surface area contributed by atoms with Crippen molar-refractivity contribution in [2.75, 3.05) is 13.7 Å². The first-order chi connectivity index (χ1) is 6.69. The van der Waals surface area contributed by atoms with Crippen LogP contribution in [0, 0.1) is 5.82 Å². The normalized spacial score (nSPS) is 10.6. The SMILES string of the molecule is COCc1cc(Cl)c(F)c(CCO)c1. The Morgan fingerprint density at radius 2 is 2.21 bits per heavy atom. The van der Waals surface area contributed by atoms with E-state index in [9.17, 15) is 4.39 Å². The summed E-state index contributed by atoms with van der Waals surface area (Å²) >= 11 is 5.68. The Hall–Kier alpha value is -0.640. The van der Waals surface area contributed by atoms with E-state index in [0.29, 0.717) is 12.2 Å². The van der Waals surface area contributed by atoms with Gasteiger partial charge in [-0.2, -0.15) is 0 Å². The largest absolute Gasteiger partial charge is 0.396 e. The van der Waals surface area contributed by atoms with Crippen molar-refractivity contribution in [3.8, 4) is 0 Å². The number of ether oxygens (including phenoxy) is 1. The Bertz CT molecular complexity index is 315. The minimum Gasteiger partial charge on any atom is -0.396 e. The predicted octanol–water partition coefficient (Wildman–Crippen LogP) is 2.16. The third-order valence-corrected chi connectivity index (χ3v) is 2.13. The van der Waals surface area contributed by atoms with E-state index < -0.39 is 5.82 Å². The van der Waals surface area contributed by atoms with Crippen LogP contribution in [0.15, 0.2) is 12.1 Å². The van der Waals surface area contributed by atoms with E-state index in [4.69, 9.17) is 21.4 Å². The predicted molar refractivity (Wildman–Crippen MR) is 52.9 cm³/mol. The molecule has 0 heterocycles. The quantitative estimate of drug-likeness (QED) is 0.839. The van der Waals surface area contributed by atoms with Gasteiger partial charge in [0.15, 0.2) is 0 Å². The summed E-state index contributed by atoms with van der Waals surface area (Å²) in [6, 6.07) is 3.18. The van der Waals surface area contributed by atoms with Gasteiger partial charge in [-0.15, -0.1) is 0 Å². The summed E-state index contributed by atoms with van der Waals surface area (Å²) in [4.78, 5) is 0. The van der Waals surface area contributed by atoms with E-state index in [0.717, 1.165) is 5.56 Å². The van der Waals surface area contributed by atoms with Gasteiger partial charge < -0.3 is 9.84 Å². The van der Waals surface area contributed by atoms with Crippen LogP contribution in [0.5, 0.6) is 0 Å². The molecule has 0 aromatic heterocycles. The lowest BCUT2D eigenvalue weighted by Gasteiger charge is -2.06. The van der Waals surface area contributed by atoms with Crippen LogP contribution >= 0.6 is 11.6 Å². The van der Waals surface area contributed by atoms with Crippen LogP contribution in [-0.4, -0.2) is 18.8 Å². The number of aliphatic hydroxyl groups excluding tert-OH is 1. The smallest absolute Gasteiger partial charge is 0.145 e. The second kappa shape index (κ2) is 5.29. The maximum absolute atomic E-state index is 13.3. The molecule has 0 spiro atoms. The fraction of sp³-hybridized carbons (Fsp3) is 0.400. The average molecular weight is 219 g/mol. The van der Waals surface area contributed by atoms with Crippen molar-refractivity contribution in [2.45, 2.75) is 13.0 Å². The maximum atomic E-state index is 13.3. The number of rotatable bonds is 4. The van der Waals surface area contributed by atoms with Gasteiger partial charge in [-0.1, -0.05) is 17.7 Å². The fourth-order valence-electron chi connectivity index (χ4n) is 1.26. The monoisotopic (exact) mass is 218 g/mol. The molecule has 0 fully saturated rings. The minimum atomic E-state index is -0.458. The molecule has 2 nitrogen and oxygen atoms in total. The number of halogens is 2. The third-order valence-electron chi connectivity index (χ3n) is 1.86. The van der Waals surface area contributed by atoms with Gasteiger partial charge in [0.2, 0.25) is 0 Å². The van der Waals surface area contributed by atoms with Crippen molar-refractivity contribution in [3.63, 3.8) is 0 Å². The number of benzene rings is 1. The molecule has 14 heavy (non-hydrogen) atoms. The molecule has 0 aliphatic heterocycles. The van der Waals surface area contributed by atoms with Crippen molar-refractivity contribution in [1.29, 1.82) is 0 Å².